The molecule has 0 bridgehead atoms. The van der Waals surface area contributed by atoms with Gasteiger partial charge in [-0.15, -0.1) is 0 Å². The number of allylic oxidation sites excluding steroid dienone is 1. The molecule has 0 N–H and O–H groups in total. The van der Waals surface area contributed by atoms with Crippen LogP contribution in [0.3, 0.4) is 0 Å². The van der Waals surface area contributed by atoms with Crippen LogP contribution in [0.15, 0.2) is 51.4 Å². The number of ether oxygens (including phenoxy) is 2. The number of ketones is 1. The van der Waals surface area contributed by atoms with Gasteiger partial charge in [-0.05, 0) is 73.8 Å². The summed E-state index contributed by atoms with van der Waals surface area (Å²) in [5, 5.41) is 0. The van der Waals surface area contributed by atoms with Gasteiger partial charge in [0.05, 0.1) is 23.2 Å². The molecule has 2 aromatic rings. The van der Waals surface area contributed by atoms with Gasteiger partial charge in [-0.2, -0.15) is 0 Å². The van der Waals surface area contributed by atoms with E-state index < -0.39 is 0 Å². The summed E-state index contributed by atoms with van der Waals surface area (Å²) >= 11 is 6.80. The highest BCUT2D eigenvalue weighted by Crippen LogP contribution is 2.27. The third-order valence-corrected chi connectivity index (χ3v) is 4.28. The maximum absolute atomic E-state index is 12.2. The molecule has 22 heavy (non-hydrogen) atoms. The van der Waals surface area contributed by atoms with Crippen LogP contribution >= 0.6 is 31.9 Å². The van der Waals surface area contributed by atoms with Gasteiger partial charge in [0, 0.05) is 5.56 Å². The van der Waals surface area contributed by atoms with Crippen molar-refractivity contribution >= 4 is 43.7 Å². The highest BCUT2D eigenvalue weighted by Gasteiger charge is 2.06. The van der Waals surface area contributed by atoms with Crippen LogP contribution < -0.4 is 9.47 Å². The van der Waals surface area contributed by atoms with E-state index in [1.165, 1.54) is 0 Å². The molecule has 114 valence electrons. The first-order valence-corrected chi connectivity index (χ1v) is 8.03. The van der Waals surface area contributed by atoms with Crippen LogP contribution in [0, 0.1) is 0 Å². The number of carbonyl (C=O) groups is 1. The second-order valence-corrected chi connectivity index (χ2v) is 6.15. The van der Waals surface area contributed by atoms with Crippen molar-refractivity contribution < 1.29 is 14.3 Å². The molecular formula is C17H14Br2O3. The first-order valence-electron chi connectivity index (χ1n) is 6.44. The van der Waals surface area contributed by atoms with Gasteiger partial charge in [0.2, 0.25) is 0 Å². The Morgan fingerprint density at radius 1 is 0.955 bits per heavy atom. The van der Waals surface area contributed by atoms with Crippen molar-refractivity contribution in [1.29, 1.82) is 0 Å². The zero-order valence-corrected chi connectivity index (χ0v) is 15.3. The predicted octanol–water partition coefficient (Wildman–Crippen LogP) is 5.12. The van der Waals surface area contributed by atoms with E-state index in [4.69, 9.17) is 9.47 Å². The highest BCUT2D eigenvalue weighted by molar-refractivity contribution is 9.10. The maximum Gasteiger partial charge on any atom is 0.185 e. The van der Waals surface area contributed by atoms with Crippen LogP contribution in [-0.2, 0) is 0 Å². The molecule has 0 aliphatic carbocycles. The number of hydrogen-bond donors (Lipinski definition) is 0. The van der Waals surface area contributed by atoms with Crippen LogP contribution in [0.2, 0.25) is 0 Å². The largest absolute Gasteiger partial charge is 0.496 e. The monoisotopic (exact) mass is 424 g/mol. The van der Waals surface area contributed by atoms with Crippen LogP contribution in [0.1, 0.15) is 15.9 Å². The smallest absolute Gasteiger partial charge is 0.185 e. The van der Waals surface area contributed by atoms with Gasteiger partial charge in [-0.3, -0.25) is 4.79 Å². The molecule has 0 aliphatic rings. The van der Waals surface area contributed by atoms with E-state index in [1.807, 2.05) is 18.2 Å². The Hall–Kier alpha value is -1.59. The molecule has 2 rings (SSSR count). The van der Waals surface area contributed by atoms with Gasteiger partial charge in [0.25, 0.3) is 0 Å². The molecule has 0 aliphatic heterocycles. The van der Waals surface area contributed by atoms with Crippen LogP contribution in [0.5, 0.6) is 11.5 Å². The highest BCUT2D eigenvalue weighted by atomic mass is 79.9. The number of methoxy groups -OCH3 is 2. The van der Waals surface area contributed by atoms with E-state index in [2.05, 4.69) is 31.9 Å². The zero-order chi connectivity index (χ0) is 16.1. The summed E-state index contributed by atoms with van der Waals surface area (Å²) in [6.07, 6.45) is 3.31. The topological polar surface area (TPSA) is 35.5 Å². The Morgan fingerprint density at radius 2 is 1.55 bits per heavy atom. The molecule has 2 aromatic carbocycles. The van der Waals surface area contributed by atoms with E-state index in [0.29, 0.717) is 11.3 Å². The van der Waals surface area contributed by atoms with Gasteiger partial charge in [0.1, 0.15) is 11.5 Å². The van der Waals surface area contributed by atoms with E-state index in [1.54, 1.807) is 44.6 Å². The minimum atomic E-state index is -0.0738. The van der Waals surface area contributed by atoms with Crippen molar-refractivity contribution in [3.8, 4) is 11.5 Å². The third-order valence-electron chi connectivity index (χ3n) is 3.04. The minimum Gasteiger partial charge on any atom is -0.496 e. The van der Waals surface area contributed by atoms with Gasteiger partial charge < -0.3 is 9.47 Å². The van der Waals surface area contributed by atoms with Crippen molar-refractivity contribution in [2.75, 3.05) is 14.2 Å². The fraction of sp³-hybridized carbons (Fsp3) is 0.118. The zero-order valence-electron chi connectivity index (χ0n) is 12.1. The summed E-state index contributed by atoms with van der Waals surface area (Å²) in [5.74, 6) is 1.37. The Bertz CT molecular complexity index is 724. The SMILES string of the molecule is COc1ccc(/C=C/C(=O)c2ccc(OC)c(Br)c2)cc1Br. The van der Waals surface area contributed by atoms with Crippen molar-refractivity contribution in [1.82, 2.24) is 0 Å². The van der Waals surface area contributed by atoms with Gasteiger partial charge >= 0.3 is 0 Å². The lowest BCUT2D eigenvalue weighted by Gasteiger charge is -2.04. The van der Waals surface area contributed by atoms with Crippen LogP contribution in [0.4, 0.5) is 0 Å². The van der Waals surface area contributed by atoms with Gasteiger partial charge in [-0.1, -0.05) is 12.1 Å². The molecule has 0 heterocycles. The van der Waals surface area contributed by atoms with Gasteiger partial charge in [-0.25, -0.2) is 0 Å². The number of rotatable bonds is 5. The van der Waals surface area contributed by atoms with Crippen molar-refractivity contribution in [2.24, 2.45) is 0 Å². The standard InChI is InChI=1S/C17H14Br2O3/c1-21-16-7-4-11(9-13(16)18)3-6-15(20)12-5-8-17(22-2)14(19)10-12/h3-10H,1-2H3/b6-3+. The normalized spacial score (nSPS) is 10.7. The molecule has 0 saturated carbocycles. The number of halogens is 2. The summed E-state index contributed by atoms with van der Waals surface area (Å²) in [4.78, 5) is 12.2. The lowest BCUT2D eigenvalue weighted by molar-refractivity contribution is 0.104. The first kappa shape index (κ1) is 16.8. The van der Waals surface area contributed by atoms with E-state index in [-0.39, 0.29) is 5.78 Å². The number of carbonyl (C=O) groups excluding carboxylic acids is 1. The second-order valence-electron chi connectivity index (χ2n) is 4.44. The summed E-state index contributed by atoms with van der Waals surface area (Å²) in [7, 11) is 3.20. The van der Waals surface area contributed by atoms with Crippen molar-refractivity contribution in [3.05, 3.63) is 62.5 Å². The van der Waals surface area contributed by atoms with Crippen molar-refractivity contribution in [2.45, 2.75) is 0 Å². The fourth-order valence-corrected chi connectivity index (χ4v) is 2.97. The Kier molecular flexibility index (Phi) is 5.80. The summed E-state index contributed by atoms with van der Waals surface area (Å²) in [6, 6.07) is 10.9. The average molecular weight is 426 g/mol. The molecule has 3 nitrogen and oxygen atoms in total. The summed E-state index contributed by atoms with van der Waals surface area (Å²) in [5.41, 5.74) is 1.50. The Morgan fingerprint density at radius 3 is 2.09 bits per heavy atom. The lowest BCUT2D eigenvalue weighted by atomic mass is 10.1. The molecule has 5 heteroatoms. The molecule has 0 atom stereocenters. The predicted molar refractivity (Wildman–Crippen MR) is 94.8 cm³/mol. The Labute approximate surface area is 146 Å². The molecule has 0 amide bonds. The van der Waals surface area contributed by atoms with Gasteiger partial charge in [0.15, 0.2) is 5.78 Å². The third kappa shape index (κ3) is 3.99. The van der Waals surface area contributed by atoms with E-state index in [9.17, 15) is 4.79 Å². The fourth-order valence-electron chi connectivity index (χ4n) is 1.87. The average Bonchev–Trinajstić information content (AvgIpc) is 2.52. The van der Waals surface area contributed by atoms with E-state index in [0.717, 1.165) is 20.3 Å². The molecule has 0 radical (unpaired) electrons. The van der Waals surface area contributed by atoms with E-state index >= 15 is 0 Å². The lowest BCUT2D eigenvalue weighted by Crippen LogP contribution is -1.95. The second kappa shape index (κ2) is 7.61. The van der Waals surface area contributed by atoms with Crippen molar-refractivity contribution in [3.63, 3.8) is 0 Å². The summed E-state index contributed by atoms with van der Waals surface area (Å²) in [6.45, 7) is 0. The molecule has 0 fully saturated rings. The minimum absolute atomic E-state index is 0.0738. The molecule has 0 spiro atoms. The molecule has 0 aromatic heterocycles. The summed E-state index contributed by atoms with van der Waals surface area (Å²) < 4.78 is 11.9. The molecule has 0 unspecified atom stereocenters. The first-order chi connectivity index (χ1) is 10.5. The van der Waals surface area contributed by atoms with Crippen LogP contribution in [-0.4, -0.2) is 20.0 Å². The molecule has 0 saturated heterocycles. The Balaban J connectivity index is 2.17. The number of hydrogen-bond acceptors (Lipinski definition) is 3. The number of benzene rings is 2. The maximum atomic E-state index is 12.2. The van der Waals surface area contributed by atoms with Crippen LogP contribution in [0.25, 0.3) is 6.08 Å². The molecular weight excluding hydrogens is 412 g/mol. The quantitative estimate of drug-likeness (QED) is 0.492.